The Kier molecular flexibility index (Phi) is 6.81. The number of anilines is 1. The number of hydrogen-bond acceptors (Lipinski definition) is 5. The van der Waals surface area contributed by atoms with Gasteiger partial charge >= 0.3 is 6.09 Å². The lowest BCUT2D eigenvalue weighted by Gasteiger charge is -2.27. The zero-order valence-corrected chi connectivity index (χ0v) is 17.8. The standard InChI is InChI=1S/C22H35N3O3/c1-16-10-12-23-20-19(16)9-8-17(24-20)7-5-6-14-27-18-11-13-25(15-18)21(26)28-22(2,3)4/h10,12,17-18H,5-9,11,13-15H2,1-4H3,(H,23,24)/t17-,18-/m1/s1. The summed E-state index contributed by atoms with van der Waals surface area (Å²) in [7, 11) is 0. The average molecular weight is 390 g/mol. The second kappa shape index (κ2) is 9.12. The van der Waals surface area contributed by atoms with E-state index in [1.165, 1.54) is 17.5 Å². The van der Waals surface area contributed by atoms with Gasteiger partial charge in [0.05, 0.1) is 12.6 Å². The summed E-state index contributed by atoms with van der Waals surface area (Å²) in [6.45, 7) is 9.96. The van der Waals surface area contributed by atoms with E-state index in [2.05, 4.69) is 23.3 Å². The zero-order valence-electron chi connectivity index (χ0n) is 17.8. The van der Waals surface area contributed by atoms with Crippen LogP contribution in [0.3, 0.4) is 0 Å². The summed E-state index contributed by atoms with van der Waals surface area (Å²) in [5, 5.41) is 3.60. The number of unbranched alkanes of at least 4 members (excludes halogenated alkanes) is 1. The smallest absolute Gasteiger partial charge is 0.410 e. The number of carbonyl (C=O) groups is 1. The van der Waals surface area contributed by atoms with E-state index in [0.717, 1.165) is 51.1 Å². The number of ether oxygens (including phenoxy) is 2. The molecule has 0 saturated carbocycles. The number of fused-ring (bicyclic) bond motifs is 1. The highest BCUT2D eigenvalue weighted by molar-refractivity contribution is 5.68. The van der Waals surface area contributed by atoms with Gasteiger partial charge in [-0.05, 0) is 83.4 Å². The van der Waals surface area contributed by atoms with Crippen LogP contribution in [0.15, 0.2) is 12.3 Å². The first-order chi connectivity index (χ1) is 13.3. The molecule has 28 heavy (non-hydrogen) atoms. The van der Waals surface area contributed by atoms with Crippen molar-refractivity contribution in [3.05, 3.63) is 23.4 Å². The number of amides is 1. The van der Waals surface area contributed by atoms with Gasteiger partial charge in [0.2, 0.25) is 0 Å². The van der Waals surface area contributed by atoms with Gasteiger partial charge in [0, 0.05) is 25.4 Å². The van der Waals surface area contributed by atoms with Crippen LogP contribution in [0.4, 0.5) is 10.6 Å². The summed E-state index contributed by atoms with van der Waals surface area (Å²) in [5.74, 6) is 1.07. The van der Waals surface area contributed by atoms with Gasteiger partial charge in [0.1, 0.15) is 11.4 Å². The van der Waals surface area contributed by atoms with Gasteiger partial charge in [-0.3, -0.25) is 0 Å². The highest BCUT2D eigenvalue weighted by Crippen LogP contribution is 2.27. The Morgan fingerprint density at radius 1 is 1.32 bits per heavy atom. The Balaban J connectivity index is 1.29. The first-order valence-corrected chi connectivity index (χ1v) is 10.6. The van der Waals surface area contributed by atoms with E-state index in [-0.39, 0.29) is 12.2 Å². The number of carbonyl (C=O) groups excluding carboxylic acids is 1. The van der Waals surface area contributed by atoms with Crippen molar-refractivity contribution < 1.29 is 14.3 Å². The molecule has 2 aliphatic heterocycles. The molecule has 156 valence electrons. The maximum atomic E-state index is 12.1. The van der Waals surface area contributed by atoms with Crippen molar-refractivity contribution in [2.24, 2.45) is 0 Å². The van der Waals surface area contributed by atoms with Crippen molar-refractivity contribution in [3.63, 3.8) is 0 Å². The quantitative estimate of drug-likeness (QED) is 0.735. The lowest BCUT2D eigenvalue weighted by Crippen LogP contribution is -2.36. The summed E-state index contributed by atoms with van der Waals surface area (Å²) in [4.78, 5) is 18.4. The summed E-state index contributed by atoms with van der Waals surface area (Å²) in [6, 6.07) is 2.60. The molecule has 1 fully saturated rings. The number of rotatable bonds is 6. The highest BCUT2D eigenvalue weighted by atomic mass is 16.6. The van der Waals surface area contributed by atoms with Crippen LogP contribution in [0.1, 0.15) is 64.0 Å². The minimum Gasteiger partial charge on any atom is -0.444 e. The monoisotopic (exact) mass is 389 g/mol. The molecule has 2 atom stereocenters. The van der Waals surface area contributed by atoms with Gasteiger partial charge in [-0.1, -0.05) is 0 Å². The highest BCUT2D eigenvalue weighted by Gasteiger charge is 2.30. The van der Waals surface area contributed by atoms with Crippen LogP contribution in [-0.2, 0) is 15.9 Å². The van der Waals surface area contributed by atoms with Gasteiger partial charge in [-0.15, -0.1) is 0 Å². The van der Waals surface area contributed by atoms with Crippen molar-refractivity contribution in [2.75, 3.05) is 25.0 Å². The number of aromatic nitrogens is 1. The molecule has 3 rings (SSSR count). The first kappa shape index (κ1) is 20.9. The first-order valence-electron chi connectivity index (χ1n) is 10.6. The molecule has 3 heterocycles. The van der Waals surface area contributed by atoms with Crippen LogP contribution >= 0.6 is 0 Å². The number of pyridine rings is 1. The Bertz CT molecular complexity index is 671. The molecule has 0 spiro atoms. The molecule has 6 heteroatoms. The van der Waals surface area contributed by atoms with Crippen LogP contribution in [0.5, 0.6) is 0 Å². The lowest BCUT2D eigenvalue weighted by atomic mass is 9.95. The van der Waals surface area contributed by atoms with E-state index in [9.17, 15) is 4.79 Å². The summed E-state index contributed by atoms with van der Waals surface area (Å²) in [5.41, 5.74) is 2.26. The van der Waals surface area contributed by atoms with E-state index in [4.69, 9.17) is 9.47 Å². The van der Waals surface area contributed by atoms with Crippen LogP contribution in [0.2, 0.25) is 0 Å². The van der Waals surface area contributed by atoms with Crippen LogP contribution in [0.25, 0.3) is 0 Å². The minimum absolute atomic E-state index is 0.138. The normalized spacial score (nSPS) is 21.9. The van der Waals surface area contributed by atoms with E-state index in [1.54, 1.807) is 4.90 Å². The zero-order chi connectivity index (χ0) is 20.1. The molecule has 0 aliphatic carbocycles. The molecule has 1 saturated heterocycles. The van der Waals surface area contributed by atoms with E-state index in [1.807, 2.05) is 27.0 Å². The van der Waals surface area contributed by atoms with Crippen LogP contribution < -0.4 is 5.32 Å². The lowest BCUT2D eigenvalue weighted by molar-refractivity contribution is 0.0206. The number of nitrogens with one attached hydrogen (secondary N) is 1. The third kappa shape index (κ3) is 5.84. The number of aryl methyl sites for hydroxylation is 1. The van der Waals surface area contributed by atoms with Crippen LogP contribution in [0, 0.1) is 6.92 Å². The summed E-state index contributed by atoms with van der Waals surface area (Å²) < 4.78 is 11.4. The van der Waals surface area contributed by atoms with Gasteiger partial charge in [-0.25, -0.2) is 9.78 Å². The fourth-order valence-electron chi connectivity index (χ4n) is 3.93. The van der Waals surface area contributed by atoms with Crippen molar-refractivity contribution in [1.82, 2.24) is 9.88 Å². The fraction of sp³-hybridized carbons (Fsp3) is 0.727. The second-order valence-electron chi connectivity index (χ2n) is 9.04. The van der Waals surface area contributed by atoms with E-state index < -0.39 is 5.60 Å². The third-order valence-electron chi connectivity index (χ3n) is 5.47. The predicted molar refractivity (Wildman–Crippen MR) is 111 cm³/mol. The topological polar surface area (TPSA) is 63.7 Å². The molecule has 0 radical (unpaired) electrons. The van der Waals surface area contributed by atoms with Gasteiger partial charge < -0.3 is 19.7 Å². The van der Waals surface area contributed by atoms with Crippen molar-refractivity contribution in [2.45, 2.75) is 84.0 Å². The van der Waals surface area contributed by atoms with Gasteiger partial charge in [0.15, 0.2) is 0 Å². The maximum absolute atomic E-state index is 12.1. The molecule has 1 aromatic rings. The minimum atomic E-state index is -0.447. The predicted octanol–water partition coefficient (Wildman–Crippen LogP) is 4.31. The van der Waals surface area contributed by atoms with Gasteiger partial charge in [-0.2, -0.15) is 0 Å². The molecule has 1 N–H and O–H groups in total. The molecule has 1 amide bonds. The molecule has 0 aromatic carbocycles. The maximum Gasteiger partial charge on any atom is 0.410 e. The van der Waals surface area contributed by atoms with Crippen molar-refractivity contribution >= 4 is 11.9 Å². The third-order valence-corrected chi connectivity index (χ3v) is 5.47. The number of likely N-dealkylation sites (tertiary alicyclic amines) is 1. The SMILES string of the molecule is Cc1ccnc2c1CC[C@@H](CCCCO[C@@H]1CCN(C(=O)OC(C)(C)C)C1)N2. The Morgan fingerprint density at radius 3 is 2.93 bits per heavy atom. The molecule has 1 aromatic heterocycles. The van der Waals surface area contributed by atoms with E-state index >= 15 is 0 Å². The number of nitrogens with zero attached hydrogens (tertiary/aromatic N) is 2. The molecular formula is C22H35N3O3. The molecule has 6 nitrogen and oxygen atoms in total. The fourth-order valence-corrected chi connectivity index (χ4v) is 3.93. The Morgan fingerprint density at radius 2 is 2.14 bits per heavy atom. The Hall–Kier alpha value is -1.82. The Labute approximate surface area is 169 Å². The van der Waals surface area contributed by atoms with Crippen LogP contribution in [-0.4, -0.2) is 53.4 Å². The van der Waals surface area contributed by atoms with Gasteiger partial charge in [0.25, 0.3) is 0 Å². The average Bonchev–Trinajstić information content (AvgIpc) is 3.09. The van der Waals surface area contributed by atoms with Crippen molar-refractivity contribution in [3.8, 4) is 0 Å². The largest absolute Gasteiger partial charge is 0.444 e. The summed E-state index contributed by atoms with van der Waals surface area (Å²) >= 11 is 0. The number of hydrogen-bond donors (Lipinski definition) is 1. The molecule has 2 aliphatic rings. The second-order valence-corrected chi connectivity index (χ2v) is 9.04. The van der Waals surface area contributed by atoms with Crippen molar-refractivity contribution in [1.29, 1.82) is 0 Å². The molecule has 0 bridgehead atoms. The van der Waals surface area contributed by atoms with E-state index in [0.29, 0.717) is 12.6 Å². The summed E-state index contributed by atoms with van der Waals surface area (Å²) in [6.07, 6.45) is 8.32. The molecule has 0 unspecified atom stereocenters. The molecular weight excluding hydrogens is 354 g/mol.